The van der Waals surface area contributed by atoms with Crippen molar-refractivity contribution < 1.29 is 13.7 Å². The minimum absolute atomic E-state index is 0.123. The number of nitrogens with zero attached hydrogens (tertiary/aromatic N) is 2. The van der Waals surface area contributed by atoms with Crippen molar-refractivity contribution in [2.45, 2.75) is 12.8 Å². The number of hydrogen-bond donors (Lipinski definition) is 0. The van der Waals surface area contributed by atoms with Gasteiger partial charge < -0.3 is 0 Å². The van der Waals surface area contributed by atoms with Gasteiger partial charge in [-0.15, -0.1) is 0 Å². The predicted octanol–water partition coefficient (Wildman–Crippen LogP) is 2.60. The van der Waals surface area contributed by atoms with Gasteiger partial charge >= 0.3 is 0 Å². The zero-order valence-electron chi connectivity index (χ0n) is 7.48. The van der Waals surface area contributed by atoms with Crippen molar-refractivity contribution >= 4 is 5.69 Å². The number of non-ortho nitro benzene ring substituents is 1. The lowest BCUT2D eigenvalue weighted by Gasteiger charge is -2.04. The zero-order valence-corrected chi connectivity index (χ0v) is 7.48. The molecule has 0 unspecified atom stereocenters. The third-order valence-electron chi connectivity index (χ3n) is 1.84. The van der Waals surface area contributed by atoms with E-state index in [0.29, 0.717) is 0 Å². The second-order valence-corrected chi connectivity index (χ2v) is 2.78. The number of benzene rings is 1. The summed E-state index contributed by atoms with van der Waals surface area (Å²) in [7, 11) is 0. The average molecular weight is 212 g/mol. The summed E-state index contributed by atoms with van der Waals surface area (Å²) >= 11 is 0. The molecule has 4 nitrogen and oxygen atoms in total. The van der Waals surface area contributed by atoms with Crippen LogP contribution >= 0.6 is 0 Å². The van der Waals surface area contributed by atoms with E-state index in [4.69, 9.17) is 5.26 Å². The van der Waals surface area contributed by atoms with Crippen LogP contribution in [0.25, 0.3) is 0 Å². The predicted molar refractivity (Wildman–Crippen MR) is 47.4 cm³/mol. The summed E-state index contributed by atoms with van der Waals surface area (Å²) in [4.78, 5) is 9.59. The fourth-order valence-electron chi connectivity index (χ4n) is 1.15. The topological polar surface area (TPSA) is 66.9 Å². The summed E-state index contributed by atoms with van der Waals surface area (Å²) in [6.07, 6.45) is -2.99. The van der Waals surface area contributed by atoms with Gasteiger partial charge in [-0.1, -0.05) is 6.07 Å². The highest BCUT2D eigenvalue weighted by atomic mass is 19.3. The first-order valence-corrected chi connectivity index (χ1v) is 3.98. The lowest BCUT2D eigenvalue weighted by Crippen LogP contribution is -1.96. The van der Waals surface area contributed by atoms with Crippen LogP contribution in [-0.4, -0.2) is 4.92 Å². The lowest BCUT2D eigenvalue weighted by atomic mass is 10.0. The highest BCUT2D eigenvalue weighted by molar-refractivity contribution is 5.41. The largest absolute Gasteiger partial charge is 0.269 e. The number of halogens is 2. The molecule has 1 aromatic rings. The van der Waals surface area contributed by atoms with E-state index in [9.17, 15) is 18.9 Å². The standard InChI is InChI=1S/C9H6F2N2O2/c10-9(11)8-5-7(13(14)15)2-1-6(8)3-4-12/h1-2,5,9H,3H2. The Balaban J connectivity index is 3.22. The van der Waals surface area contributed by atoms with E-state index in [0.717, 1.165) is 12.1 Å². The molecule has 0 bridgehead atoms. The summed E-state index contributed by atoms with van der Waals surface area (Å²) in [5.74, 6) is 0. The lowest BCUT2D eigenvalue weighted by molar-refractivity contribution is -0.385. The van der Waals surface area contributed by atoms with Gasteiger partial charge in [0.25, 0.3) is 12.1 Å². The molecule has 0 saturated heterocycles. The van der Waals surface area contributed by atoms with Gasteiger partial charge in [0.15, 0.2) is 0 Å². The third-order valence-corrected chi connectivity index (χ3v) is 1.84. The van der Waals surface area contributed by atoms with Gasteiger partial charge in [-0.3, -0.25) is 10.1 Å². The second-order valence-electron chi connectivity index (χ2n) is 2.78. The Morgan fingerprint density at radius 1 is 1.53 bits per heavy atom. The number of nitro benzene ring substituents is 1. The van der Waals surface area contributed by atoms with Crippen LogP contribution in [0.15, 0.2) is 18.2 Å². The fourth-order valence-corrected chi connectivity index (χ4v) is 1.15. The van der Waals surface area contributed by atoms with Crippen molar-refractivity contribution in [3.05, 3.63) is 39.4 Å². The molecular weight excluding hydrogens is 206 g/mol. The van der Waals surface area contributed by atoms with E-state index in [1.807, 2.05) is 0 Å². The number of rotatable bonds is 3. The van der Waals surface area contributed by atoms with Crippen molar-refractivity contribution in [3.8, 4) is 6.07 Å². The molecule has 0 fully saturated rings. The maximum absolute atomic E-state index is 12.5. The van der Waals surface area contributed by atoms with Gasteiger partial charge in [0, 0.05) is 17.7 Å². The number of alkyl halides is 2. The Morgan fingerprint density at radius 2 is 2.20 bits per heavy atom. The quantitative estimate of drug-likeness (QED) is 0.571. The Labute approximate surface area is 83.9 Å². The van der Waals surface area contributed by atoms with E-state index in [1.165, 1.54) is 6.07 Å². The maximum Gasteiger partial charge on any atom is 0.269 e. The van der Waals surface area contributed by atoms with Gasteiger partial charge in [0.05, 0.1) is 17.4 Å². The monoisotopic (exact) mass is 212 g/mol. The second kappa shape index (κ2) is 4.46. The summed E-state index contributed by atoms with van der Waals surface area (Å²) in [5, 5.41) is 18.7. The molecule has 15 heavy (non-hydrogen) atoms. The van der Waals surface area contributed by atoms with Crippen molar-refractivity contribution in [3.63, 3.8) is 0 Å². The molecule has 1 aromatic carbocycles. The normalized spacial score (nSPS) is 10.0. The van der Waals surface area contributed by atoms with Gasteiger partial charge in [-0.05, 0) is 5.56 Å². The molecule has 0 N–H and O–H groups in total. The molecular formula is C9H6F2N2O2. The van der Waals surface area contributed by atoms with Crippen molar-refractivity contribution in [2.24, 2.45) is 0 Å². The van der Waals surface area contributed by atoms with Crippen LogP contribution in [0.5, 0.6) is 0 Å². The molecule has 0 amide bonds. The highest BCUT2D eigenvalue weighted by Crippen LogP contribution is 2.27. The van der Waals surface area contributed by atoms with E-state index in [1.54, 1.807) is 6.07 Å². The highest BCUT2D eigenvalue weighted by Gasteiger charge is 2.17. The molecule has 0 aliphatic heterocycles. The Hall–Kier alpha value is -2.03. The first-order valence-electron chi connectivity index (χ1n) is 3.98. The number of hydrogen-bond acceptors (Lipinski definition) is 3. The molecule has 0 aromatic heterocycles. The van der Waals surface area contributed by atoms with Crippen LogP contribution in [0.1, 0.15) is 17.6 Å². The van der Waals surface area contributed by atoms with Crippen molar-refractivity contribution in [2.75, 3.05) is 0 Å². The van der Waals surface area contributed by atoms with Gasteiger partial charge in [-0.25, -0.2) is 8.78 Å². The number of nitro groups is 1. The van der Waals surface area contributed by atoms with E-state index >= 15 is 0 Å². The van der Waals surface area contributed by atoms with E-state index in [2.05, 4.69) is 0 Å². The molecule has 1 rings (SSSR count). The first-order chi connectivity index (χ1) is 7.06. The van der Waals surface area contributed by atoms with Crippen molar-refractivity contribution in [1.82, 2.24) is 0 Å². The molecule has 6 heteroatoms. The Kier molecular flexibility index (Phi) is 3.29. The molecule has 0 aliphatic rings. The Bertz CT molecular complexity index is 427. The molecule has 0 heterocycles. The Morgan fingerprint density at radius 3 is 2.67 bits per heavy atom. The smallest absolute Gasteiger partial charge is 0.258 e. The van der Waals surface area contributed by atoms with Crippen LogP contribution < -0.4 is 0 Å². The summed E-state index contributed by atoms with van der Waals surface area (Å²) in [6.45, 7) is 0. The van der Waals surface area contributed by atoms with Crippen LogP contribution in [0, 0.1) is 21.4 Å². The van der Waals surface area contributed by atoms with Crippen LogP contribution in [-0.2, 0) is 6.42 Å². The maximum atomic E-state index is 12.5. The van der Waals surface area contributed by atoms with Crippen molar-refractivity contribution in [1.29, 1.82) is 5.26 Å². The van der Waals surface area contributed by atoms with Gasteiger partial charge in [-0.2, -0.15) is 5.26 Å². The third kappa shape index (κ3) is 2.47. The molecule has 0 radical (unpaired) electrons. The molecule has 0 aliphatic carbocycles. The van der Waals surface area contributed by atoms with E-state index in [-0.39, 0.29) is 12.0 Å². The van der Waals surface area contributed by atoms with Crippen LogP contribution in [0.3, 0.4) is 0 Å². The molecule has 78 valence electrons. The minimum Gasteiger partial charge on any atom is -0.258 e. The van der Waals surface area contributed by atoms with Crippen LogP contribution in [0.2, 0.25) is 0 Å². The SMILES string of the molecule is N#CCc1ccc([N+](=O)[O-])cc1C(F)F. The summed E-state index contributed by atoms with van der Waals surface area (Å²) in [6, 6.07) is 4.82. The molecule has 0 spiro atoms. The summed E-state index contributed by atoms with van der Waals surface area (Å²) < 4.78 is 24.9. The molecule has 0 atom stereocenters. The van der Waals surface area contributed by atoms with Crippen LogP contribution in [0.4, 0.5) is 14.5 Å². The first kappa shape index (κ1) is 11.0. The van der Waals surface area contributed by atoms with Gasteiger partial charge in [0.2, 0.25) is 0 Å². The molecule has 0 saturated carbocycles. The van der Waals surface area contributed by atoms with Gasteiger partial charge in [0.1, 0.15) is 0 Å². The fraction of sp³-hybridized carbons (Fsp3) is 0.222. The summed E-state index contributed by atoms with van der Waals surface area (Å²) in [5.41, 5.74) is -0.726. The zero-order chi connectivity index (χ0) is 11.4. The van der Waals surface area contributed by atoms with E-state index < -0.39 is 22.6 Å². The minimum atomic E-state index is -2.81. The number of nitriles is 1. The average Bonchev–Trinajstić information content (AvgIpc) is 2.18.